The average molecular weight is 575 g/mol. The summed E-state index contributed by atoms with van der Waals surface area (Å²) < 4.78 is 77.2. The van der Waals surface area contributed by atoms with Crippen LogP contribution in [-0.4, -0.2) is 70.1 Å². The fourth-order valence-corrected chi connectivity index (χ4v) is 4.31. The maximum Gasteiger partial charge on any atom is 0.435 e. The lowest BCUT2D eigenvalue weighted by Gasteiger charge is -2.30. The van der Waals surface area contributed by atoms with Gasteiger partial charge in [-0.05, 0) is 24.1 Å². The fraction of sp³-hybridized carbons (Fsp3) is 0.458. The van der Waals surface area contributed by atoms with Gasteiger partial charge in [-0.1, -0.05) is 11.6 Å². The van der Waals surface area contributed by atoms with Crippen molar-refractivity contribution in [3.05, 3.63) is 46.5 Å². The standard InChI is InChI=1S/C24H24ClF5N6O3/c1-35-12-17(23(34-35)24(28,29)30)22-18(36-4-6-38-7-5-36)11-15(32-33-22)2-3-16(37)8-14-9-19(25)31-21(10-14)39-13-20(26)27/h9-12,20H,2-8,13H2,1H3. The number of hydrogen-bond acceptors (Lipinski definition) is 8. The predicted molar refractivity (Wildman–Crippen MR) is 130 cm³/mol. The first-order chi connectivity index (χ1) is 18.5. The first-order valence-electron chi connectivity index (χ1n) is 11.9. The molecule has 4 heterocycles. The van der Waals surface area contributed by atoms with Crippen LogP contribution in [0.1, 0.15) is 23.4 Å². The van der Waals surface area contributed by atoms with E-state index in [-0.39, 0.29) is 47.3 Å². The van der Waals surface area contributed by atoms with Crippen LogP contribution in [0.25, 0.3) is 11.3 Å². The van der Waals surface area contributed by atoms with Gasteiger partial charge in [0.2, 0.25) is 5.88 Å². The molecular formula is C24H24ClF5N6O3. The molecule has 0 radical (unpaired) electrons. The van der Waals surface area contributed by atoms with Gasteiger partial charge in [0.15, 0.2) is 12.3 Å². The molecule has 3 aromatic rings. The SMILES string of the molecule is Cn1cc(-c2nnc(CCC(=O)Cc3cc(Cl)nc(OCC(F)F)c3)cc2N2CCOCC2)c(C(F)(F)F)n1. The highest BCUT2D eigenvalue weighted by Crippen LogP contribution is 2.39. The molecule has 1 fully saturated rings. The minimum atomic E-state index is -4.69. The van der Waals surface area contributed by atoms with Gasteiger partial charge >= 0.3 is 6.18 Å². The summed E-state index contributed by atoms with van der Waals surface area (Å²) in [5.41, 5.74) is 0.0764. The van der Waals surface area contributed by atoms with Crippen LogP contribution in [0, 0.1) is 0 Å². The molecule has 1 saturated heterocycles. The molecule has 0 amide bonds. The van der Waals surface area contributed by atoms with Crippen LogP contribution in [0.5, 0.6) is 5.88 Å². The normalized spacial score (nSPS) is 14.2. The van der Waals surface area contributed by atoms with Crippen molar-refractivity contribution in [1.82, 2.24) is 25.0 Å². The van der Waals surface area contributed by atoms with Gasteiger partial charge in [-0.25, -0.2) is 13.8 Å². The van der Waals surface area contributed by atoms with E-state index in [1.807, 2.05) is 4.90 Å². The van der Waals surface area contributed by atoms with Crippen molar-refractivity contribution >= 4 is 23.1 Å². The summed E-state index contributed by atoms with van der Waals surface area (Å²) in [5.74, 6) is -0.321. The van der Waals surface area contributed by atoms with Crippen molar-refractivity contribution in [3.63, 3.8) is 0 Å². The molecule has 0 spiro atoms. The van der Waals surface area contributed by atoms with Crippen LogP contribution in [0.4, 0.5) is 27.6 Å². The Morgan fingerprint density at radius 1 is 1.18 bits per heavy atom. The van der Waals surface area contributed by atoms with E-state index in [4.69, 9.17) is 21.1 Å². The Kier molecular flexibility index (Phi) is 8.95. The van der Waals surface area contributed by atoms with Crippen LogP contribution in [-0.2, 0) is 35.6 Å². The lowest BCUT2D eigenvalue weighted by molar-refractivity contribution is -0.141. The van der Waals surface area contributed by atoms with Crippen LogP contribution in [0.15, 0.2) is 24.4 Å². The highest BCUT2D eigenvalue weighted by Gasteiger charge is 2.39. The number of anilines is 1. The summed E-state index contributed by atoms with van der Waals surface area (Å²) in [6.07, 6.45) is -5.96. The van der Waals surface area contributed by atoms with Crippen molar-refractivity contribution in [3.8, 4) is 17.1 Å². The minimum Gasteiger partial charge on any atom is -0.472 e. The third-order valence-corrected chi connectivity index (χ3v) is 5.97. The van der Waals surface area contributed by atoms with E-state index in [0.717, 1.165) is 4.68 Å². The molecule has 9 nitrogen and oxygen atoms in total. The Bertz CT molecular complexity index is 1310. The molecule has 0 bridgehead atoms. The molecule has 39 heavy (non-hydrogen) atoms. The number of rotatable bonds is 10. The zero-order valence-electron chi connectivity index (χ0n) is 20.7. The van der Waals surface area contributed by atoms with E-state index < -0.39 is 24.9 Å². The Morgan fingerprint density at radius 3 is 2.62 bits per heavy atom. The molecule has 15 heteroatoms. The summed E-state index contributed by atoms with van der Waals surface area (Å²) in [6.45, 7) is 0.817. The van der Waals surface area contributed by atoms with Gasteiger partial charge in [-0.2, -0.15) is 23.4 Å². The number of hydrogen-bond donors (Lipinski definition) is 0. The van der Waals surface area contributed by atoms with Gasteiger partial charge < -0.3 is 14.4 Å². The van der Waals surface area contributed by atoms with Gasteiger partial charge in [0.25, 0.3) is 6.43 Å². The third kappa shape index (κ3) is 7.60. The maximum atomic E-state index is 13.7. The molecule has 0 atom stereocenters. The predicted octanol–water partition coefficient (Wildman–Crippen LogP) is 4.17. The monoisotopic (exact) mass is 574 g/mol. The Balaban J connectivity index is 1.52. The zero-order valence-corrected chi connectivity index (χ0v) is 21.5. The van der Waals surface area contributed by atoms with Crippen molar-refractivity contribution in [2.45, 2.75) is 31.9 Å². The minimum absolute atomic E-state index is 0.00481. The average Bonchev–Trinajstić information content (AvgIpc) is 3.28. The Morgan fingerprint density at radius 2 is 1.92 bits per heavy atom. The Hall–Kier alpha value is -3.39. The summed E-state index contributed by atoms with van der Waals surface area (Å²) in [5, 5.41) is 11.8. The second-order valence-electron chi connectivity index (χ2n) is 8.79. The number of carbonyl (C=O) groups excluding carboxylic acids is 1. The number of carbonyl (C=O) groups is 1. The smallest absolute Gasteiger partial charge is 0.435 e. The molecule has 0 unspecified atom stereocenters. The molecule has 3 aromatic heterocycles. The van der Waals surface area contributed by atoms with E-state index in [9.17, 15) is 26.7 Å². The van der Waals surface area contributed by atoms with Gasteiger partial charge in [-0.15, -0.1) is 5.10 Å². The first-order valence-corrected chi connectivity index (χ1v) is 12.3. The molecule has 0 N–H and O–H groups in total. The highest BCUT2D eigenvalue weighted by molar-refractivity contribution is 6.29. The van der Waals surface area contributed by atoms with Gasteiger partial charge in [0, 0.05) is 45.2 Å². The molecule has 210 valence electrons. The fourth-order valence-electron chi connectivity index (χ4n) is 4.08. The van der Waals surface area contributed by atoms with Gasteiger partial charge in [0.1, 0.15) is 16.6 Å². The number of ether oxygens (including phenoxy) is 2. The maximum absolute atomic E-state index is 13.7. The largest absolute Gasteiger partial charge is 0.472 e. The van der Waals surface area contributed by atoms with Crippen LogP contribution in [0.3, 0.4) is 0 Å². The van der Waals surface area contributed by atoms with Gasteiger partial charge in [-0.3, -0.25) is 9.48 Å². The molecule has 4 rings (SSSR count). The van der Waals surface area contributed by atoms with E-state index in [0.29, 0.717) is 43.2 Å². The van der Waals surface area contributed by atoms with Crippen LogP contribution in [0.2, 0.25) is 5.15 Å². The number of pyridine rings is 1. The van der Waals surface area contributed by atoms with Crippen LogP contribution < -0.4 is 9.64 Å². The molecule has 0 aliphatic carbocycles. The molecule has 0 aromatic carbocycles. The quantitative estimate of drug-likeness (QED) is 0.263. The number of halogens is 6. The number of aromatic nitrogens is 5. The van der Waals surface area contributed by atoms with Crippen molar-refractivity contribution in [2.75, 3.05) is 37.8 Å². The van der Waals surface area contributed by atoms with Crippen LogP contribution >= 0.6 is 11.6 Å². The van der Waals surface area contributed by atoms with E-state index >= 15 is 0 Å². The Labute approximate surface area is 224 Å². The number of nitrogens with zero attached hydrogens (tertiary/aromatic N) is 6. The number of ketones is 1. The van der Waals surface area contributed by atoms with E-state index in [1.165, 1.54) is 25.4 Å². The second kappa shape index (κ2) is 12.2. The summed E-state index contributed by atoms with van der Waals surface area (Å²) in [7, 11) is 1.39. The summed E-state index contributed by atoms with van der Waals surface area (Å²) in [6, 6.07) is 4.43. The van der Waals surface area contributed by atoms with Gasteiger partial charge in [0.05, 0.1) is 30.2 Å². The van der Waals surface area contributed by atoms with Crippen molar-refractivity contribution < 1.29 is 36.2 Å². The topological polar surface area (TPSA) is 95.3 Å². The third-order valence-electron chi connectivity index (χ3n) is 5.78. The lowest BCUT2D eigenvalue weighted by Crippen LogP contribution is -2.36. The molecule has 1 aliphatic heterocycles. The second-order valence-corrected chi connectivity index (χ2v) is 9.17. The number of morpholine rings is 1. The van der Waals surface area contributed by atoms with Crippen molar-refractivity contribution in [2.24, 2.45) is 7.05 Å². The van der Waals surface area contributed by atoms with E-state index in [2.05, 4.69) is 20.3 Å². The number of Topliss-reactive ketones (excluding diaryl/α,β-unsaturated/α-hetero) is 1. The summed E-state index contributed by atoms with van der Waals surface area (Å²) in [4.78, 5) is 18.3. The summed E-state index contributed by atoms with van der Waals surface area (Å²) >= 11 is 5.92. The molecular weight excluding hydrogens is 551 g/mol. The van der Waals surface area contributed by atoms with Crippen molar-refractivity contribution in [1.29, 1.82) is 0 Å². The number of alkyl halides is 5. The number of aryl methyl sites for hydroxylation is 2. The first kappa shape index (κ1) is 28.6. The van der Waals surface area contributed by atoms with E-state index in [1.54, 1.807) is 6.07 Å². The lowest BCUT2D eigenvalue weighted by atomic mass is 10.0. The molecule has 1 aliphatic rings. The molecule has 0 saturated carbocycles. The zero-order chi connectivity index (χ0) is 28.2. The highest BCUT2D eigenvalue weighted by atomic mass is 35.5.